The van der Waals surface area contributed by atoms with Crippen LogP contribution in [-0.4, -0.2) is 53.7 Å². The van der Waals surface area contributed by atoms with E-state index < -0.39 is 122 Å². The summed E-state index contributed by atoms with van der Waals surface area (Å²) >= 11 is 0. The Balaban J connectivity index is 5.21. The largest absolute Gasteiger partial charge is 0.460 e. The molecule has 0 heterocycles. The minimum atomic E-state index is -7.50. The third-order valence-corrected chi connectivity index (χ3v) is 5.44. The zero-order valence-electron chi connectivity index (χ0n) is 20.7. The Bertz CT molecular complexity index is 1020. The molecule has 0 aliphatic carbocycles. The van der Waals surface area contributed by atoms with Crippen molar-refractivity contribution in [2.75, 3.05) is 0 Å². The molecule has 0 aromatic heterocycles. The molecule has 44 heavy (non-hydrogen) atoms. The van der Waals surface area contributed by atoms with Crippen LogP contribution in [-0.2, 0) is 9.90 Å². The van der Waals surface area contributed by atoms with Crippen LogP contribution in [0.1, 0.15) is 38.5 Å². The van der Waals surface area contributed by atoms with Gasteiger partial charge in [0.25, 0.3) is 0 Å². The number of hydrogen-bond acceptors (Lipinski definition) is 2. The Kier molecular flexibility index (Phi) is 12.5. The van der Waals surface area contributed by atoms with Crippen molar-refractivity contribution >= 4 is 5.78 Å². The minimum absolute atomic E-state index is 0.490. The van der Waals surface area contributed by atoms with Gasteiger partial charge in [-0.15, -0.1) is 0 Å². The van der Waals surface area contributed by atoms with E-state index in [1.54, 1.807) is 0 Å². The Morgan fingerprint density at radius 2 is 0.886 bits per heavy atom. The summed E-state index contributed by atoms with van der Waals surface area (Å²) in [6, 6.07) is -3.54. The molecular formula is C20H15F20N2O2. The van der Waals surface area contributed by atoms with Gasteiger partial charge in [-0.05, 0) is 12.8 Å². The first-order valence-electron chi connectivity index (χ1n) is 10.9. The van der Waals surface area contributed by atoms with Crippen molar-refractivity contribution < 1.29 is 97.7 Å². The van der Waals surface area contributed by atoms with Gasteiger partial charge in [-0.25, -0.2) is 19.6 Å². The van der Waals surface area contributed by atoms with Gasteiger partial charge in [0.05, 0.1) is 0 Å². The lowest BCUT2D eigenvalue weighted by Crippen LogP contribution is -2.63. The summed E-state index contributed by atoms with van der Waals surface area (Å²) < 4.78 is 259. The molecule has 0 aromatic carbocycles. The molecule has 0 atom stereocenters. The molecule has 0 aliphatic rings. The number of halogens is 20. The molecule has 4 nitrogen and oxygen atoms in total. The van der Waals surface area contributed by atoms with Crippen molar-refractivity contribution in [1.82, 2.24) is 5.73 Å². The lowest BCUT2D eigenvalue weighted by Gasteiger charge is -2.36. The number of ketones is 1. The second kappa shape index (κ2) is 13.2. The van der Waals surface area contributed by atoms with Crippen LogP contribution in [0.25, 0.3) is 0 Å². The van der Waals surface area contributed by atoms with Gasteiger partial charge in [0.2, 0.25) is 6.17 Å². The first kappa shape index (κ1) is 41.7. The minimum Gasteiger partial charge on any atom is -0.394 e. The molecule has 0 aromatic rings. The normalized spacial score (nSPS) is 15.8. The lowest BCUT2D eigenvalue weighted by molar-refractivity contribution is -0.393. The van der Waals surface area contributed by atoms with Crippen LogP contribution in [0.5, 0.6) is 0 Å². The number of hydrogen-bond donors (Lipinski definition) is 1. The first-order chi connectivity index (χ1) is 19.2. The maximum Gasteiger partial charge on any atom is 0.460 e. The molecule has 0 fully saturated rings. The summed E-state index contributed by atoms with van der Waals surface area (Å²) in [6.07, 6.45) is -25.1. The highest BCUT2D eigenvalue weighted by Gasteiger charge is 2.84. The van der Waals surface area contributed by atoms with Crippen LogP contribution in [0, 0.1) is 18.3 Å². The van der Waals surface area contributed by atoms with Gasteiger partial charge >= 0.3 is 47.9 Å². The van der Waals surface area contributed by atoms with E-state index in [1.807, 2.05) is 0 Å². The quantitative estimate of drug-likeness (QED) is 0.100. The number of nitrogens with one attached hydrogen (secondary N) is 1. The van der Waals surface area contributed by atoms with E-state index in [9.17, 15) is 97.7 Å². The monoisotopic (exact) mass is 695 g/mol. The average molecular weight is 695 g/mol. The van der Waals surface area contributed by atoms with Crippen molar-refractivity contribution in [3.8, 4) is 0 Å². The third-order valence-electron chi connectivity index (χ3n) is 5.44. The zero-order valence-corrected chi connectivity index (χ0v) is 20.7. The van der Waals surface area contributed by atoms with Crippen molar-refractivity contribution in [3.63, 3.8) is 0 Å². The van der Waals surface area contributed by atoms with Crippen LogP contribution in [0.2, 0.25) is 0 Å². The molecule has 0 bridgehead atoms. The number of allylic oxidation sites excluding steroid dienone is 2. The van der Waals surface area contributed by atoms with E-state index in [0.717, 1.165) is 0 Å². The zero-order chi connectivity index (χ0) is 35.7. The topological polar surface area (TPSA) is 86.8 Å². The molecule has 0 unspecified atom stereocenters. The summed E-state index contributed by atoms with van der Waals surface area (Å²) in [5.41, 5.74) is 7.46. The van der Waals surface area contributed by atoms with E-state index >= 15 is 0 Å². The Morgan fingerprint density at radius 3 is 1.25 bits per heavy atom. The fourth-order valence-corrected chi connectivity index (χ4v) is 2.79. The fourth-order valence-electron chi connectivity index (χ4n) is 2.79. The molecule has 0 saturated heterocycles. The second-order valence-corrected chi connectivity index (χ2v) is 8.62. The molecule has 0 saturated carbocycles. The number of nitrogens with two attached hydrogens (primary N) is 1. The number of unbranched alkanes of at least 4 members (excludes halogenated alkanes) is 3. The SMILES string of the molecule is [NH][C]([C](F)[C]([O])CCCCCCC(=O)/C(F)=C(\N)C(F)(F)C(F)(F)C(F)(F)C(F)(F)F)C(F)(F)C(F)(F)C(F)(F)C(F)(F)F. The molecule has 257 valence electrons. The maximum absolute atomic E-state index is 13.8. The lowest BCUT2D eigenvalue weighted by atomic mass is 9.91. The van der Waals surface area contributed by atoms with E-state index in [4.69, 9.17) is 5.73 Å². The van der Waals surface area contributed by atoms with Crippen LogP contribution in [0.3, 0.4) is 0 Å². The molecule has 0 rings (SSSR count). The predicted octanol–water partition coefficient (Wildman–Crippen LogP) is 8.25. The standard InChI is InChI=1S/C20H15F20N2O2/c21-9(11(41)13(23,24)15(27,28)17(31,32)19(35,36)37)7(43)5-3-1-2-4-6-8(44)10(22)12(42)14(25,26)16(29,30)18(33,34)20(38,39)40/h41H,1-6,42H2/b12-10+. The average Bonchev–Trinajstić information content (AvgIpc) is 2.86. The van der Waals surface area contributed by atoms with E-state index in [2.05, 4.69) is 5.73 Å². The number of alkyl halides is 18. The second-order valence-electron chi connectivity index (χ2n) is 8.62. The first-order valence-corrected chi connectivity index (χ1v) is 10.9. The predicted molar refractivity (Wildman–Crippen MR) is 101 cm³/mol. The Hall–Kier alpha value is -2.27. The van der Waals surface area contributed by atoms with Crippen molar-refractivity contribution in [1.29, 1.82) is 0 Å². The van der Waals surface area contributed by atoms with Crippen molar-refractivity contribution in [3.05, 3.63) is 29.8 Å². The van der Waals surface area contributed by atoms with Gasteiger partial charge < -0.3 is 5.73 Å². The highest BCUT2D eigenvalue weighted by Crippen LogP contribution is 2.57. The van der Waals surface area contributed by atoms with Gasteiger partial charge in [0.15, 0.2) is 23.8 Å². The third kappa shape index (κ3) is 7.57. The van der Waals surface area contributed by atoms with E-state index in [0.29, 0.717) is 0 Å². The van der Waals surface area contributed by atoms with E-state index in [-0.39, 0.29) is 0 Å². The van der Waals surface area contributed by atoms with Crippen molar-refractivity contribution in [2.24, 2.45) is 5.73 Å². The molecular weight excluding hydrogens is 680 g/mol. The summed E-state index contributed by atoms with van der Waals surface area (Å²) in [6.45, 7) is 0. The van der Waals surface area contributed by atoms with Crippen LogP contribution < -0.4 is 11.5 Å². The summed E-state index contributed by atoms with van der Waals surface area (Å²) in [7, 11) is 0. The number of rotatable bonds is 16. The summed E-state index contributed by atoms with van der Waals surface area (Å²) in [5, 5.41) is 11.5. The maximum atomic E-state index is 13.8. The van der Waals surface area contributed by atoms with Gasteiger partial charge in [0, 0.05) is 6.42 Å². The van der Waals surface area contributed by atoms with Crippen molar-refractivity contribution in [2.45, 2.75) is 86.4 Å². The van der Waals surface area contributed by atoms with Gasteiger partial charge in [0.1, 0.15) is 5.70 Å². The van der Waals surface area contributed by atoms with E-state index in [1.165, 1.54) is 0 Å². The Morgan fingerprint density at radius 1 is 0.545 bits per heavy atom. The van der Waals surface area contributed by atoms with Gasteiger partial charge in [-0.3, -0.25) is 4.79 Å². The molecule has 5 radical (unpaired) electrons. The van der Waals surface area contributed by atoms with Crippen LogP contribution in [0.15, 0.2) is 11.5 Å². The smallest absolute Gasteiger partial charge is 0.394 e. The van der Waals surface area contributed by atoms with Gasteiger partial charge in [-0.1, -0.05) is 19.3 Å². The molecule has 0 spiro atoms. The number of carbonyl (C=O) groups is 1. The number of Topliss-reactive ketones (excluding diaryl/α,β-unsaturated/α-hetero) is 1. The van der Waals surface area contributed by atoms with Gasteiger partial charge in [-0.2, -0.15) is 79.0 Å². The molecule has 0 amide bonds. The summed E-state index contributed by atoms with van der Waals surface area (Å²) in [4.78, 5) is 11.5. The Labute approximate surface area is 232 Å². The van der Waals surface area contributed by atoms with Crippen LogP contribution >= 0.6 is 0 Å². The molecule has 3 N–H and O–H groups in total. The highest BCUT2D eigenvalue weighted by atomic mass is 19.4. The fraction of sp³-hybridized carbons (Fsp3) is 0.700. The highest BCUT2D eigenvalue weighted by molar-refractivity contribution is 5.94. The molecule has 0 aliphatic heterocycles. The molecule has 24 heteroatoms. The van der Waals surface area contributed by atoms with Crippen LogP contribution in [0.4, 0.5) is 87.8 Å². The number of carbonyl (C=O) groups excluding carboxylic acids is 1. The summed E-state index contributed by atoms with van der Waals surface area (Å²) in [5.74, 6) is -48.8.